The molecule has 2 aromatic rings. The summed E-state index contributed by atoms with van der Waals surface area (Å²) in [5.41, 5.74) is 11.0. The Balaban J connectivity index is 0.996. The number of nitrogens with one attached hydrogen (secondary N) is 1. The van der Waals surface area contributed by atoms with Crippen molar-refractivity contribution in [3.8, 4) is 5.75 Å². The van der Waals surface area contributed by atoms with Gasteiger partial charge in [0.2, 0.25) is 0 Å². The molecule has 5 fully saturated rings. The Morgan fingerprint density at radius 2 is 1.77 bits per heavy atom. The van der Waals surface area contributed by atoms with Crippen molar-refractivity contribution in [3.63, 3.8) is 0 Å². The van der Waals surface area contributed by atoms with Gasteiger partial charge in [0.15, 0.2) is 5.78 Å². The van der Waals surface area contributed by atoms with Crippen LogP contribution in [0.2, 0.25) is 0 Å². The number of hydrogen-bond acceptors (Lipinski definition) is 7. The zero-order valence-corrected chi connectivity index (χ0v) is 35.4. The van der Waals surface area contributed by atoms with Crippen LogP contribution in [0.25, 0.3) is 0 Å². The topological polar surface area (TPSA) is 125 Å². The van der Waals surface area contributed by atoms with Gasteiger partial charge in [0, 0.05) is 29.5 Å². The number of carbonyl (C=O) groups excluding carboxylic acids is 2. The summed E-state index contributed by atoms with van der Waals surface area (Å²) in [7, 11) is 1.90. The molecule has 14 atom stereocenters. The molecule has 1 aliphatic heterocycles. The lowest BCUT2D eigenvalue weighted by atomic mass is 9.33. The number of aromatic hydroxyl groups is 1. The molecule has 5 N–H and O–H groups in total. The highest BCUT2D eigenvalue weighted by atomic mass is 16.6. The van der Waals surface area contributed by atoms with E-state index in [2.05, 4.69) is 77.2 Å². The second-order valence-corrected chi connectivity index (χ2v) is 20.9. The van der Waals surface area contributed by atoms with Crippen molar-refractivity contribution in [1.29, 1.82) is 0 Å². The molecular weight excluding hydrogens is 709 g/mol. The van der Waals surface area contributed by atoms with Gasteiger partial charge in [0.05, 0.1) is 17.6 Å². The Hall–Kier alpha value is -3.26. The van der Waals surface area contributed by atoms with Crippen LogP contribution < -0.4 is 11.1 Å². The molecule has 0 aromatic heterocycles. The van der Waals surface area contributed by atoms with Crippen LogP contribution in [-0.2, 0) is 20.9 Å². The van der Waals surface area contributed by atoms with E-state index in [1.807, 2.05) is 25.2 Å². The zero-order chi connectivity index (χ0) is 40.4. The van der Waals surface area contributed by atoms with E-state index in [0.29, 0.717) is 42.9 Å². The normalized spacial score (nSPS) is 43.1. The molecular formula is C50H66N2O5. The van der Waals surface area contributed by atoms with E-state index in [0.717, 1.165) is 73.8 Å². The van der Waals surface area contributed by atoms with Gasteiger partial charge in [-0.1, -0.05) is 77.0 Å². The molecule has 0 spiro atoms. The Morgan fingerprint density at radius 3 is 2.53 bits per heavy atom. The number of nitrogens with two attached hydrogens (primary N) is 1. The molecule has 8 aliphatic rings. The molecule has 2 bridgehead atoms. The maximum absolute atomic E-state index is 14.9. The predicted molar refractivity (Wildman–Crippen MR) is 224 cm³/mol. The minimum Gasteiger partial charge on any atom is -0.508 e. The average Bonchev–Trinajstić information content (AvgIpc) is 3.53. The molecule has 10 rings (SSSR count). The fourth-order valence-corrected chi connectivity index (χ4v) is 15.5. The third-order valence-corrected chi connectivity index (χ3v) is 18.2. The first kappa shape index (κ1) is 39.2. The standard InChI is InChI=1S/C50H66N2O5/c1-28(21-38(54)45-50(6,57-45)35-14-9-13-34(35)30-11-8-12-32(51)24-30)42-36-16-17-41-47(3,48(36,4)26-39(42)55)20-18-40-46(2)19-10-15-37(49(40,41)5)43(44(46)56)31-22-29(27-52-7)23-33(53)25-31/h8,10-12,15,22-25,28,34-35,37-38,40-41,43,45,52-54H,9,13-14,16-21,26-27,51H2,1-7H3/t28-,34+,35+,37-,38-,40?,41-,43-,45+,46+,47+,48+,49-,50-/m1/s1. The fraction of sp³-hybridized carbons (Fsp3) is 0.640. The SMILES string of the molecule is CNCc1cc(O)cc([C@H]2C(=O)[C@@]3(C)CC=C[C@H]2[C@]2(C)C3CC[C@@]3(C)[C@H]2CCC2=C([C@H](C)C[C@@H](O)[C@@H]4O[C@]4(C)[C@H]4CCC[C@H]4c4cccc(N)c4)C(=O)C[C@@]23C)c1. The van der Waals surface area contributed by atoms with Crippen LogP contribution >= 0.6 is 0 Å². The molecule has 1 saturated heterocycles. The predicted octanol–water partition coefficient (Wildman–Crippen LogP) is 9.18. The number of anilines is 1. The van der Waals surface area contributed by atoms with Crippen LogP contribution in [0.1, 0.15) is 134 Å². The van der Waals surface area contributed by atoms with Crippen LogP contribution in [0, 0.1) is 51.2 Å². The Bertz CT molecular complexity index is 2060. The van der Waals surface area contributed by atoms with Crippen molar-refractivity contribution in [2.24, 2.45) is 51.2 Å². The minimum atomic E-state index is -0.643. The molecule has 7 aliphatic carbocycles. The highest BCUT2D eigenvalue weighted by Gasteiger charge is 2.72. The number of Topliss-reactive ketones (excluding diaryl/α,β-unsaturated/α-hetero) is 2. The molecule has 7 nitrogen and oxygen atoms in total. The van der Waals surface area contributed by atoms with Gasteiger partial charge in [-0.15, -0.1) is 0 Å². The first-order chi connectivity index (χ1) is 27.0. The van der Waals surface area contributed by atoms with Crippen LogP contribution in [0.4, 0.5) is 5.69 Å². The summed E-state index contributed by atoms with van der Waals surface area (Å²) in [6.07, 6.45) is 12.8. The lowest BCUT2D eigenvalue weighted by Crippen LogP contribution is -2.66. The van der Waals surface area contributed by atoms with E-state index in [-0.39, 0.29) is 63.2 Å². The molecule has 0 amide bonds. The lowest BCUT2D eigenvalue weighted by Gasteiger charge is -2.70. The number of phenols is 1. The summed E-state index contributed by atoms with van der Waals surface area (Å²) in [5, 5.41) is 26.0. The lowest BCUT2D eigenvalue weighted by molar-refractivity contribution is -0.196. The first-order valence-corrected chi connectivity index (χ1v) is 22.2. The zero-order valence-electron chi connectivity index (χ0n) is 35.4. The Labute approximate surface area is 340 Å². The molecule has 0 radical (unpaired) electrons. The number of benzene rings is 2. The van der Waals surface area contributed by atoms with Crippen molar-refractivity contribution < 1.29 is 24.5 Å². The molecule has 306 valence electrons. The van der Waals surface area contributed by atoms with Crippen LogP contribution in [-0.4, -0.2) is 46.6 Å². The summed E-state index contributed by atoms with van der Waals surface area (Å²) in [5.74, 6) is 1.67. The van der Waals surface area contributed by atoms with E-state index in [1.165, 1.54) is 11.1 Å². The van der Waals surface area contributed by atoms with Crippen LogP contribution in [0.15, 0.2) is 65.8 Å². The van der Waals surface area contributed by atoms with Crippen LogP contribution in [0.5, 0.6) is 5.75 Å². The van der Waals surface area contributed by atoms with Gasteiger partial charge in [0.1, 0.15) is 17.6 Å². The molecule has 7 heteroatoms. The number of ketones is 2. The number of nitrogen functional groups attached to an aromatic ring is 1. The number of phenolic OH excluding ortho intramolecular Hbond substituents is 1. The third-order valence-electron chi connectivity index (χ3n) is 18.2. The van der Waals surface area contributed by atoms with Crippen molar-refractivity contribution in [3.05, 3.63) is 82.5 Å². The number of hydrogen-bond donors (Lipinski definition) is 4. The monoisotopic (exact) mass is 774 g/mol. The maximum Gasteiger partial charge on any atom is 0.159 e. The van der Waals surface area contributed by atoms with Crippen molar-refractivity contribution in [1.82, 2.24) is 5.32 Å². The third kappa shape index (κ3) is 5.53. The number of allylic oxidation sites excluding steroid dienone is 4. The molecule has 1 unspecified atom stereocenters. The smallest absolute Gasteiger partial charge is 0.159 e. The summed E-state index contributed by atoms with van der Waals surface area (Å²) in [4.78, 5) is 29.3. The largest absolute Gasteiger partial charge is 0.508 e. The van der Waals surface area contributed by atoms with E-state index >= 15 is 0 Å². The number of fused-ring (bicyclic) bond motifs is 5. The number of aliphatic hydroxyl groups excluding tert-OH is 1. The van der Waals surface area contributed by atoms with Gasteiger partial charge in [-0.05, 0) is 158 Å². The Morgan fingerprint density at radius 1 is 0.982 bits per heavy atom. The molecule has 57 heavy (non-hydrogen) atoms. The van der Waals surface area contributed by atoms with Gasteiger partial charge < -0.3 is 26.0 Å². The summed E-state index contributed by atoms with van der Waals surface area (Å²) >= 11 is 0. The van der Waals surface area contributed by atoms with E-state index < -0.39 is 11.5 Å². The molecule has 1 heterocycles. The summed E-state index contributed by atoms with van der Waals surface area (Å²) < 4.78 is 6.48. The van der Waals surface area contributed by atoms with E-state index in [4.69, 9.17) is 10.5 Å². The Kier molecular flexibility index (Phi) is 9.20. The number of aliphatic hydroxyl groups is 1. The van der Waals surface area contributed by atoms with Gasteiger partial charge in [-0.25, -0.2) is 0 Å². The van der Waals surface area contributed by atoms with Crippen molar-refractivity contribution in [2.75, 3.05) is 12.8 Å². The minimum absolute atomic E-state index is 0.00535. The van der Waals surface area contributed by atoms with Crippen LogP contribution in [0.3, 0.4) is 0 Å². The fourth-order valence-electron chi connectivity index (χ4n) is 15.5. The molecule has 2 aromatic carbocycles. The maximum atomic E-state index is 14.9. The van der Waals surface area contributed by atoms with Gasteiger partial charge in [0.25, 0.3) is 0 Å². The quantitative estimate of drug-likeness (QED) is 0.114. The number of rotatable bonds is 9. The summed E-state index contributed by atoms with van der Waals surface area (Å²) in [6.45, 7) is 14.6. The van der Waals surface area contributed by atoms with E-state index in [1.54, 1.807) is 6.07 Å². The second-order valence-electron chi connectivity index (χ2n) is 20.9. The second kappa shape index (κ2) is 13.4. The van der Waals surface area contributed by atoms with Crippen molar-refractivity contribution in [2.45, 2.75) is 142 Å². The number of ether oxygens (including phenoxy) is 1. The number of epoxide rings is 1. The first-order valence-electron chi connectivity index (χ1n) is 22.2. The van der Waals surface area contributed by atoms with E-state index in [9.17, 15) is 19.8 Å². The van der Waals surface area contributed by atoms with Gasteiger partial charge >= 0.3 is 0 Å². The average molecular weight is 775 g/mol. The highest BCUT2D eigenvalue weighted by molar-refractivity contribution is 6.00. The highest BCUT2D eigenvalue weighted by Crippen LogP contribution is 2.77. The molecule has 4 saturated carbocycles. The van der Waals surface area contributed by atoms with Gasteiger partial charge in [-0.3, -0.25) is 9.59 Å². The van der Waals surface area contributed by atoms with Gasteiger partial charge in [-0.2, -0.15) is 0 Å². The number of carbonyl (C=O) groups is 2. The summed E-state index contributed by atoms with van der Waals surface area (Å²) in [6, 6.07) is 14.0. The van der Waals surface area contributed by atoms with Crippen molar-refractivity contribution >= 4 is 17.3 Å².